The van der Waals surface area contributed by atoms with E-state index in [2.05, 4.69) is 15.8 Å². The topological polar surface area (TPSA) is 82.9 Å². The highest BCUT2D eigenvalue weighted by Crippen LogP contribution is 2.16. The van der Waals surface area contributed by atoms with Gasteiger partial charge >= 0.3 is 0 Å². The molecule has 1 aliphatic heterocycles. The first-order valence-electron chi connectivity index (χ1n) is 7.54. The van der Waals surface area contributed by atoms with Crippen LogP contribution in [0.5, 0.6) is 5.75 Å². The number of hydrogen-bond donors (Lipinski definition) is 3. The zero-order chi connectivity index (χ0) is 15.9. The normalized spacial score (nSPS) is 16.2. The molecule has 1 atom stereocenters. The van der Waals surface area contributed by atoms with Crippen LogP contribution < -0.4 is 15.5 Å². The van der Waals surface area contributed by atoms with Crippen LogP contribution in [0, 0.1) is 0 Å². The number of ether oxygens (including phenoxy) is 1. The van der Waals surface area contributed by atoms with E-state index in [1.165, 1.54) is 0 Å². The number of aliphatic hydroxyl groups is 1. The van der Waals surface area contributed by atoms with E-state index in [1.807, 2.05) is 38.1 Å². The van der Waals surface area contributed by atoms with Crippen LogP contribution in [0.4, 0.5) is 0 Å². The van der Waals surface area contributed by atoms with Crippen molar-refractivity contribution in [1.82, 2.24) is 10.7 Å². The summed E-state index contributed by atoms with van der Waals surface area (Å²) >= 11 is 0. The monoisotopic (exact) mass is 305 g/mol. The molecule has 0 radical (unpaired) electrons. The van der Waals surface area contributed by atoms with Crippen molar-refractivity contribution in [3.8, 4) is 5.75 Å². The van der Waals surface area contributed by atoms with Gasteiger partial charge in [-0.3, -0.25) is 4.79 Å². The highest BCUT2D eigenvalue weighted by atomic mass is 16.5. The lowest BCUT2D eigenvalue weighted by atomic mass is 10.0. The summed E-state index contributed by atoms with van der Waals surface area (Å²) in [6.45, 7) is 4.81. The van der Waals surface area contributed by atoms with Gasteiger partial charge in [0.25, 0.3) is 0 Å². The van der Waals surface area contributed by atoms with E-state index in [-0.39, 0.29) is 12.5 Å². The van der Waals surface area contributed by atoms with Crippen molar-refractivity contribution in [1.29, 1.82) is 0 Å². The van der Waals surface area contributed by atoms with Crippen molar-refractivity contribution in [2.24, 2.45) is 5.10 Å². The van der Waals surface area contributed by atoms with Crippen LogP contribution in [0.15, 0.2) is 29.4 Å². The number of nitrogens with zero attached hydrogens (tertiary/aromatic N) is 1. The minimum Gasteiger partial charge on any atom is -0.491 e. The molecule has 6 heteroatoms. The quantitative estimate of drug-likeness (QED) is 0.703. The number of carbonyl (C=O) groups excluding carboxylic acids is 1. The van der Waals surface area contributed by atoms with E-state index in [1.54, 1.807) is 0 Å². The maximum Gasteiger partial charge on any atom is 0.240 e. The molecule has 2 rings (SSSR count). The number of rotatable bonds is 7. The first-order valence-corrected chi connectivity index (χ1v) is 7.54. The first-order chi connectivity index (χ1) is 10.5. The molecule has 0 spiro atoms. The van der Waals surface area contributed by atoms with Gasteiger partial charge in [0.15, 0.2) is 0 Å². The Morgan fingerprint density at radius 3 is 2.64 bits per heavy atom. The molecule has 1 amide bonds. The molecule has 22 heavy (non-hydrogen) atoms. The second-order valence-corrected chi connectivity index (χ2v) is 5.65. The Hall–Kier alpha value is -1.92. The van der Waals surface area contributed by atoms with Crippen LogP contribution in [0.25, 0.3) is 0 Å². The van der Waals surface area contributed by atoms with Gasteiger partial charge in [-0.25, -0.2) is 5.43 Å². The summed E-state index contributed by atoms with van der Waals surface area (Å²) in [4.78, 5) is 11.1. The summed E-state index contributed by atoms with van der Waals surface area (Å²) in [6, 6.07) is 7.84. The van der Waals surface area contributed by atoms with Gasteiger partial charge in [0.05, 0.1) is 5.71 Å². The summed E-state index contributed by atoms with van der Waals surface area (Å²) < 4.78 is 5.56. The molecule has 3 N–H and O–H groups in total. The lowest BCUT2D eigenvalue weighted by Gasteiger charge is -2.15. The molecule has 0 bridgehead atoms. The molecule has 0 aliphatic carbocycles. The second-order valence-electron chi connectivity index (χ2n) is 5.65. The molecular weight excluding hydrogens is 282 g/mol. The van der Waals surface area contributed by atoms with E-state index >= 15 is 0 Å². The Kier molecular flexibility index (Phi) is 5.91. The largest absolute Gasteiger partial charge is 0.491 e. The zero-order valence-corrected chi connectivity index (χ0v) is 13.0. The fourth-order valence-electron chi connectivity index (χ4n) is 2.05. The standard InChI is InChI=1S/C16H23N3O3/c1-11(2)17-9-13(20)10-22-14-5-3-12(4-6-14)15-7-8-16(21)19-18-15/h3-6,11,13,17,20H,7-10H2,1-2H3,(H,19,21). The Morgan fingerprint density at radius 2 is 2.05 bits per heavy atom. The van der Waals surface area contributed by atoms with E-state index in [0.717, 1.165) is 11.3 Å². The van der Waals surface area contributed by atoms with E-state index in [4.69, 9.17) is 4.74 Å². The minimum atomic E-state index is -0.542. The van der Waals surface area contributed by atoms with Crippen molar-refractivity contribution in [2.45, 2.75) is 38.8 Å². The van der Waals surface area contributed by atoms with Crippen LogP contribution >= 0.6 is 0 Å². The van der Waals surface area contributed by atoms with Gasteiger partial charge in [-0.15, -0.1) is 0 Å². The number of nitrogens with one attached hydrogen (secondary N) is 2. The van der Waals surface area contributed by atoms with Gasteiger partial charge in [0.2, 0.25) is 5.91 Å². The van der Waals surface area contributed by atoms with Crippen molar-refractivity contribution < 1.29 is 14.6 Å². The first kappa shape index (κ1) is 16.5. The van der Waals surface area contributed by atoms with Crippen LogP contribution in [-0.4, -0.2) is 42.0 Å². The molecule has 0 saturated carbocycles. The number of benzene rings is 1. The van der Waals surface area contributed by atoms with Crippen LogP contribution in [-0.2, 0) is 4.79 Å². The molecule has 1 aromatic rings. The molecular formula is C16H23N3O3. The summed E-state index contributed by atoms with van der Waals surface area (Å²) in [5, 5.41) is 17.0. The van der Waals surface area contributed by atoms with Crippen LogP contribution in [0.1, 0.15) is 32.3 Å². The fraction of sp³-hybridized carbons (Fsp3) is 0.500. The molecule has 6 nitrogen and oxygen atoms in total. The number of amides is 1. The van der Waals surface area contributed by atoms with Crippen LogP contribution in [0.2, 0.25) is 0 Å². The third-order valence-electron chi connectivity index (χ3n) is 3.30. The smallest absolute Gasteiger partial charge is 0.240 e. The fourth-order valence-corrected chi connectivity index (χ4v) is 2.05. The van der Waals surface area contributed by atoms with E-state index in [9.17, 15) is 9.90 Å². The average Bonchev–Trinajstić information content (AvgIpc) is 2.52. The maximum absolute atomic E-state index is 11.1. The van der Waals surface area contributed by atoms with Crippen LogP contribution in [0.3, 0.4) is 0 Å². The minimum absolute atomic E-state index is 0.0484. The Morgan fingerprint density at radius 1 is 1.32 bits per heavy atom. The number of carbonyl (C=O) groups is 1. The van der Waals surface area contributed by atoms with Gasteiger partial charge in [-0.2, -0.15) is 5.10 Å². The second kappa shape index (κ2) is 7.91. The highest BCUT2D eigenvalue weighted by molar-refractivity contribution is 6.04. The third kappa shape index (κ3) is 5.13. The molecule has 1 aromatic carbocycles. The molecule has 1 aliphatic rings. The third-order valence-corrected chi connectivity index (χ3v) is 3.30. The maximum atomic E-state index is 11.1. The zero-order valence-electron chi connectivity index (χ0n) is 13.0. The molecule has 0 aromatic heterocycles. The van der Waals surface area contributed by atoms with Gasteiger partial charge < -0.3 is 15.2 Å². The van der Waals surface area contributed by atoms with Gasteiger partial charge in [-0.1, -0.05) is 13.8 Å². The molecule has 0 fully saturated rings. The van der Waals surface area contributed by atoms with Crippen molar-refractivity contribution in [3.63, 3.8) is 0 Å². The highest BCUT2D eigenvalue weighted by Gasteiger charge is 2.13. The predicted molar refractivity (Wildman–Crippen MR) is 85.0 cm³/mol. The van der Waals surface area contributed by atoms with Gasteiger partial charge in [0.1, 0.15) is 18.5 Å². The lowest BCUT2D eigenvalue weighted by molar-refractivity contribution is -0.121. The molecule has 1 heterocycles. The SMILES string of the molecule is CC(C)NCC(O)COc1ccc(C2=NNC(=O)CC2)cc1. The lowest BCUT2D eigenvalue weighted by Crippen LogP contribution is -2.35. The summed E-state index contributed by atoms with van der Waals surface area (Å²) in [5.41, 5.74) is 4.32. The Labute approximate surface area is 130 Å². The van der Waals surface area contributed by atoms with Crippen molar-refractivity contribution in [3.05, 3.63) is 29.8 Å². The van der Waals surface area contributed by atoms with Crippen molar-refractivity contribution >= 4 is 11.6 Å². The summed E-state index contributed by atoms with van der Waals surface area (Å²) in [7, 11) is 0. The molecule has 120 valence electrons. The summed E-state index contributed by atoms with van der Waals surface area (Å²) in [5.74, 6) is 0.653. The Balaban J connectivity index is 1.83. The number of aliphatic hydroxyl groups excluding tert-OH is 1. The Bertz CT molecular complexity index is 526. The number of hydrogen-bond acceptors (Lipinski definition) is 5. The van der Waals surface area contributed by atoms with Gasteiger partial charge in [0, 0.05) is 25.4 Å². The average molecular weight is 305 g/mol. The molecule has 1 unspecified atom stereocenters. The summed E-state index contributed by atoms with van der Waals surface area (Å²) in [6.07, 6.45) is 0.567. The van der Waals surface area contributed by atoms with Crippen molar-refractivity contribution in [2.75, 3.05) is 13.2 Å². The molecule has 0 saturated heterocycles. The van der Waals surface area contributed by atoms with E-state index in [0.29, 0.717) is 31.2 Å². The predicted octanol–water partition coefficient (Wildman–Crippen LogP) is 1.04. The van der Waals surface area contributed by atoms with Gasteiger partial charge in [-0.05, 0) is 29.8 Å². The number of hydrazone groups is 1. The van der Waals surface area contributed by atoms with E-state index < -0.39 is 6.10 Å².